The highest BCUT2D eigenvalue weighted by atomic mass is 16.5. The molecule has 28 heavy (non-hydrogen) atoms. The van der Waals surface area contributed by atoms with Crippen LogP contribution in [0.25, 0.3) is 22.4 Å². The Morgan fingerprint density at radius 3 is 2.79 bits per heavy atom. The molecule has 0 spiro atoms. The SMILES string of the molecule is O=C(O)c1ccc2nc(-c3cccc([C@H]4O[C@H](CO)C[C@H](O)[C@@H]4O)c3)[nH]c2c1. The Kier molecular flexibility index (Phi) is 4.86. The first kappa shape index (κ1) is 18.6. The summed E-state index contributed by atoms with van der Waals surface area (Å²) in [5.41, 5.74) is 2.77. The lowest BCUT2D eigenvalue weighted by molar-refractivity contribution is -0.179. The van der Waals surface area contributed by atoms with Crippen molar-refractivity contribution < 1.29 is 30.0 Å². The number of aliphatic hydroxyl groups excluding tert-OH is 3. The van der Waals surface area contributed by atoms with E-state index in [-0.39, 0.29) is 18.6 Å². The van der Waals surface area contributed by atoms with Crippen LogP contribution in [0.1, 0.15) is 28.4 Å². The molecule has 1 fully saturated rings. The van der Waals surface area contributed by atoms with E-state index in [0.29, 0.717) is 22.4 Å². The summed E-state index contributed by atoms with van der Waals surface area (Å²) >= 11 is 0. The molecule has 1 aromatic heterocycles. The monoisotopic (exact) mass is 384 g/mol. The number of hydrogen-bond acceptors (Lipinski definition) is 6. The molecular weight excluding hydrogens is 364 g/mol. The van der Waals surface area contributed by atoms with Crippen molar-refractivity contribution in [1.82, 2.24) is 9.97 Å². The van der Waals surface area contributed by atoms with Crippen molar-refractivity contribution in [2.45, 2.75) is 30.8 Å². The van der Waals surface area contributed by atoms with Crippen LogP contribution in [0.15, 0.2) is 42.5 Å². The number of fused-ring (bicyclic) bond motifs is 1. The van der Waals surface area contributed by atoms with Crippen molar-refractivity contribution in [1.29, 1.82) is 0 Å². The third kappa shape index (κ3) is 3.38. The standard InChI is InChI=1S/C20H20N2O6/c23-9-13-8-16(24)17(25)18(28-13)10-2-1-3-11(6-10)19-21-14-5-4-12(20(26)27)7-15(14)22-19/h1-7,13,16-18,23-25H,8-9H2,(H,21,22)(H,26,27)/t13-,16-,17-,18+/m0/s1. The van der Waals surface area contributed by atoms with Gasteiger partial charge < -0.3 is 30.1 Å². The number of hydrogen-bond donors (Lipinski definition) is 5. The maximum absolute atomic E-state index is 11.1. The van der Waals surface area contributed by atoms with E-state index in [1.165, 1.54) is 12.1 Å². The summed E-state index contributed by atoms with van der Waals surface area (Å²) in [7, 11) is 0. The molecule has 4 atom stereocenters. The molecule has 0 amide bonds. The van der Waals surface area contributed by atoms with Crippen LogP contribution in [0, 0.1) is 0 Å². The highest BCUT2D eigenvalue weighted by Gasteiger charge is 2.37. The summed E-state index contributed by atoms with van der Waals surface area (Å²) in [6, 6.07) is 11.8. The second-order valence-electron chi connectivity index (χ2n) is 6.90. The molecule has 1 saturated heterocycles. The smallest absolute Gasteiger partial charge is 0.335 e. The van der Waals surface area contributed by atoms with Gasteiger partial charge in [0.05, 0.1) is 35.4 Å². The van der Waals surface area contributed by atoms with Crippen molar-refractivity contribution in [2.24, 2.45) is 0 Å². The molecule has 0 unspecified atom stereocenters. The largest absolute Gasteiger partial charge is 0.478 e. The van der Waals surface area contributed by atoms with Gasteiger partial charge in [-0.05, 0) is 29.8 Å². The zero-order valence-corrected chi connectivity index (χ0v) is 14.8. The molecule has 0 aliphatic carbocycles. The third-order valence-electron chi connectivity index (χ3n) is 4.97. The zero-order chi connectivity index (χ0) is 19.8. The van der Waals surface area contributed by atoms with E-state index < -0.39 is 30.4 Å². The Hall–Kier alpha value is -2.78. The molecule has 146 valence electrons. The van der Waals surface area contributed by atoms with Crippen LogP contribution in [-0.2, 0) is 4.74 Å². The van der Waals surface area contributed by atoms with Crippen LogP contribution in [-0.4, -0.2) is 61.3 Å². The van der Waals surface area contributed by atoms with E-state index in [1.807, 2.05) is 6.07 Å². The number of aromatic amines is 1. The number of H-pyrrole nitrogens is 1. The van der Waals surface area contributed by atoms with Crippen LogP contribution < -0.4 is 0 Å². The molecule has 2 aromatic carbocycles. The third-order valence-corrected chi connectivity index (χ3v) is 4.97. The first-order valence-electron chi connectivity index (χ1n) is 8.92. The number of imidazole rings is 1. The fourth-order valence-electron chi connectivity index (χ4n) is 3.49. The van der Waals surface area contributed by atoms with Gasteiger partial charge in [0.1, 0.15) is 18.0 Å². The average Bonchev–Trinajstić information content (AvgIpc) is 3.13. The number of carboxylic acid groups (broad SMARTS) is 1. The van der Waals surface area contributed by atoms with Crippen LogP contribution in [0.3, 0.4) is 0 Å². The number of carbonyl (C=O) groups is 1. The number of aromatic carboxylic acids is 1. The molecule has 2 heterocycles. The summed E-state index contributed by atoms with van der Waals surface area (Å²) in [6.07, 6.45) is -3.24. The predicted octanol–water partition coefficient (Wildman–Crippen LogP) is 1.47. The molecule has 4 rings (SSSR count). The molecular formula is C20H20N2O6. The van der Waals surface area contributed by atoms with Crippen molar-refractivity contribution in [3.05, 3.63) is 53.6 Å². The van der Waals surface area contributed by atoms with E-state index >= 15 is 0 Å². The lowest BCUT2D eigenvalue weighted by Crippen LogP contribution is -2.44. The van der Waals surface area contributed by atoms with Crippen molar-refractivity contribution in [2.75, 3.05) is 6.61 Å². The lowest BCUT2D eigenvalue weighted by atomic mass is 9.92. The van der Waals surface area contributed by atoms with Crippen molar-refractivity contribution in [3.8, 4) is 11.4 Å². The van der Waals surface area contributed by atoms with Crippen LogP contribution in [0.5, 0.6) is 0 Å². The van der Waals surface area contributed by atoms with Gasteiger partial charge in [-0.2, -0.15) is 0 Å². The predicted molar refractivity (Wildman–Crippen MR) is 99.8 cm³/mol. The fourth-order valence-corrected chi connectivity index (χ4v) is 3.49. The number of nitrogens with zero attached hydrogens (tertiary/aromatic N) is 1. The molecule has 0 bridgehead atoms. The molecule has 0 radical (unpaired) electrons. The number of rotatable bonds is 4. The number of ether oxygens (including phenoxy) is 1. The number of carboxylic acids is 1. The van der Waals surface area contributed by atoms with E-state index in [0.717, 1.165) is 5.56 Å². The second-order valence-corrected chi connectivity index (χ2v) is 6.90. The first-order chi connectivity index (χ1) is 13.5. The summed E-state index contributed by atoms with van der Waals surface area (Å²) in [5, 5.41) is 38.9. The van der Waals surface area contributed by atoms with Gasteiger partial charge in [0.2, 0.25) is 0 Å². The Balaban J connectivity index is 1.68. The number of aliphatic hydroxyl groups is 3. The molecule has 1 aliphatic heterocycles. The molecule has 5 N–H and O–H groups in total. The highest BCUT2D eigenvalue weighted by molar-refractivity contribution is 5.93. The van der Waals surface area contributed by atoms with Crippen LogP contribution in [0.4, 0.5) is 0 Å². The van der Waals surface area contributed by atoms with Gasteiger partial charge in [0, 0.05) is 12.0 Å². The quantitative estimate of drug-likeness (QED) is 0.459. The van der Waals surface area contributed by atoms with Gasteiger partial charge in [-0.15, -0.1) is 0 Å². The minimum atomic E-state index is -1.10. The summed E-state index contributed by atoms with van der Waals surface area (Å²) < 4.78 is 5.74. The Morgan fingerprint density at radius 1 is 1.21 bits per heavy atom. The Labute approximate surface area is 160 Å². The van der Waals surface area contributed by atoms with Crippen molar-refractivity contribution in [3.63, 3.8) is 0 Å². The van der Waals surface area contributed by atoms with Crippen molar-refractivity contribution >= 4 is 17.0 Å². The Morgan fingerprint density at radius 2 is 2.04 bits per heavy atom. The minimum absolute atomic E-state index is 0.166. The first-order valence-corrected chi connectivity index (χ1v) is 8.92. The molecule has 8 nitrogen and oxygen atoms in total. The number of nitrogens with one attached hydrogen (secondary N) is 1. The minimum Gasteiger partial charge on any atom is -0.478 e. The summed E-state index contributed by atoms with van der Waals surface area (Å²) in [6.45, 7) is -0.241. The maximum Gasteiger partial charge on any atom is 0.335 e. The molecule has 0 saturated carbocycles. The van der Waals surface area contributed by atoms with E-state index in [1.54, 1.807) is 24.3 Å². The molecule has 1 aliphatic rings. The van der Waals surface area contributed by atoms with E-state index in [4.69, 9.17) is 9.84 Å². The fraction of sp³-hybridized carbons (Fsp3) is 0.300. The average molecular weight is 384 g/mol. The second kappa shape index (κ2) is 7.33. The van der Waals surface area contributed by atoms with Gasteiger partial charge in [-0.25, -0.2) is 9.78 Å². The Bertz CT molecular complexity index is 1020. The van der Waals surface area contributed by atoms with Gasteiger partial charge in [0.25, 0.3) is 0 Å². The van der Waals surface area contributed by atoms with E-state index in [9.17, 15) is 20.1 Å². The zero-order valence-electron chi connectivity index (χ0n) is 14.8. The van der Waals surface area contributed by atoms with Gasteiger partial charge >= 0.3 is 5.97 Å². The summed E-state index contributed by atoms with van der Waals surface area (Å²) in [4.78, 5) is 18.7. The van der Waals surface area contributed by atoms with Crippen LogP contribution >= 0.6 is 0 Å². The van der Waals surface area contributed by atoms with Gasteiger partial charge in [-0.3, -0.25) is 0 Å². The topological polar surface area (TPSA) is 136 Å². The molecule has 8 heteroatoms. The van der Waals surface area contributed by atoms with Gasteiger partial charge in [-0.1, -0.05) is 18.2 Å². The molecule has 3 aromatic rings. The highest BCUT2D eigenvalue weighted by Crippen LogP contribution is 2.33. The number of aromatic nitrogens is 2. The van der Waals surface area contributed by atoms with E-state index in [2.05, 4.69) is 9.97 Å². The summed E-state index contributed by atoms with van der Waals surface area (Å²) in [5.74, 6) is -0.468. The van der Waals surface area contributed by atoms with Crippen LogP contribution in [0.2, 0.25) is 0 Å². The lowest BCUT2D eigenvalue weighted by Gasteiger charge is -2.36. The maximum atomic E-state index is 11.1. The normalized spacial score (nSPS) is 25.1. The van der Waals surface area contributed by atoms with Gasteiger partial charge in [0.15, 0.2) is 0 Å². The number of benzene rings is 2.